The van der Waals surface area contributed by atoms with Crippen LogP contribution in [0.5, 0.6) is 5.75 Å². The van der Waals surface area contributed by atoms with Crippen LogP contribution in [0.15, 0.2) is 17.0 Å². The van der Waals surface area contributed by atoms with E-state index in [0.717, 1.165) is 12.8 Å². The van der Waals surface area contributed by atoms with E-state index in [2.05, 4.69) is 4.72 Å². The molecule has 1 aliphatic rings. The van der Waals surface area contributed by atoms with Gasteiger partial charge in [0.2, 0.25) is 10.0 Å². The second kappa shape index (κ2) is 5.71. The molecule has 0 amide bonds. The van der Waals surface area contributed by atoms with Crippen molar-refractivity contribution < 1.29 is 13.2 Å². The Kier molecular flexibility index (Phi) is 4.36. The number of benzene rings is 1. The first-order valence-electron chi connectivity index (χ1n) is 6.75. The third kappa shape index (κ3) is 3.31. The van der Waals surface area contributed by atoms with Crippen LogP contribution in [0.3, 0.4) is 0 Å². The fraction of sp³-hybridized carbons (Fsp3) is 0.571. The van der Waals surface area contributed by atoms with Crippen LogP contribution < -0.4 is 15.2 Å². The van der Waals surface area contributed by atoms with E-state index in [-0.39, 0.29) is 12.6 Å². The maximum atomic E-state index is 12.4. The normalized spacial score (nSPS) is 17.0. The van der Waals surface area contributed by atoms with E-state index in [0.29, 0.717) is 27.7 Å². The summed E-state index contributed by atoms with van der Waals surface area (Å²) in [6, 6.07) is 3.36. The molecule has 0 aromatic heterocycles. The van der Waals surface area contributed by atoms with Crippen LogP contribution in [0.4, 0.5) is 0 Å². The lowest BCUT2D eigenvalue weighted by molar-refractivity contribution is 0.413. The molecule has 0 radical (unpaired) electrons. The predicted octanol–water partition coefficient (Wildman–Crippen LogP) is 1.33. The Balaban J connectivity index is 2.20. The average Bonchev–Trinajstić information content (AvgIpc) is 3.18. The standard InChI is InChI=1S/C14H22N2O3S/c1-9-6-12(19-3)7-10(2)14(9)20(17,18)16-8-13(15)11-4-5-11/h6-7,11,13,16H,4-5,8,15H2,1-3H3. The van der Waals surface area contributed by atoms with Crippen LogP contribution in [0, 0.1) is 19.8 Å². The van der Waals surface area contributed by atoms with Gasteiger partial charge < -0.3 is 10.5 Å². The number of sulfonamides is 1. The quantitative estimate of drug-likeness (QED) is 0.830. The largest absolute Gasteiger partial charge is 0.497 e. The third-order valence-electron chi connectivity index (χ3n) is 3.67. The number of aryl methyl sites for hydroxylation is 2. The molecule has 1 aromatic rings. The van der Waals surface area contributed by atoms with Gasteiger partial charge >= 0.3 is 0 Å². The van der Waals surface area contributed by atoms with Gasteiger partial charge in [0.15, 0.2) is 0 Å². The fourth-order valence-electron chi connectivity index (χ4n) is 2.42. The van der Waals surface area contributed by atoms with Gasteiger partial charge in [-0.15, -0.1) is 0 Å². The number of nitrogens with one attached hydrogen (secondary N) is 1. The minimum absolute atomic E-state index is 0.0939. The van der Waals surface area contributed by atoms with Crippen LogP contribution in [0.1, 0.15) is 24.0 Å². The van der Waals surface area contributed by atoms with Crippen molar-refractivity contribution in [3.8, 4) is 5.75 Å². The number of rotatable bonds is 6. The van der Waals surface area contributed by atoms with E-state index in [9.17, 15) is 8.42 Å². The lowest BCUT2D eigenvalue weighted by Gasteiger charge is -2.16. The molecule has 6 heteroatoms. The highest BCUT2D eigenvalue weighted by molar-refractivity contribution is 7.89. The van der Waals surface area contributed by atoms with Gasteiger partial charge in [-0.2, -0.15) is 0 Å². The molecular formula is C14H22N2O3S. The van der Waals surface area contributed by atoms with Crippen molar-refractivity contribution in [2.75, 3.05) is 13.7 Å². The summed E-state index contributed by atoms with van der Waals surface area (Å²) >= 11 is 0. The molecule has 0 saturated heterocycles. The number of ether oxygens (including phenoxy) is 1. The topological polar surface area (TPSA) is 81.4 Å². The van der Waals surface area contributed by atoms with Gasteiger partial charge in [-0.05, 0) is 55.9 Å². The zero-order chi connectivity index (χ0) is 14.9. The third-order valence-corrected chi connectivity index (χ3v) is 5.40. The lowest BCUT2D eigenvalue weighted by atomic mass is 10.1. The summed E-state index contributed by atoms with van der Waals surface area (Å²) in [5, 5.41) is 0. The maximum Gasteiger partial charge on any atom is 0.241 e. The molecule has 1 fully saturated rings. The molecule has 0 bridgehead atoms. The Morgan fingerprint density at radius 1 is 1.35 bits per heavy atom. The molecule has 1 unspecified atom stereocenters. The monoisotopic (exact) mass is 298 g/mol. The smallest absolute Gasteiger partial charge is 0.241 e. The van der Waals surface area contributed by atoms with Crippen molar-refractivity contribution in [3.63, 3.8) is 0 Å². The molecule has 1 saturated carbocycles. The Morgan fingerprint density at radius 2 is 1.90 bits per heavy atom. The summed E-state index contributed by atoms with van der Waals surface area (Å²) < 4.78 is 32.6. The molecule has 1 atom stereocenters. The number of hydrogen-bond donors (Lipinski definition) is 2. The van der Waals surface area contributed by atoms with Crippen molar-refractivity contribution in [1.82, 2.24) is 4.72 Å². The zero-order valence-electron chi connectivity index (χ0n) is 12.1. The molecule has 1 aliphatic carbocycles. The number of hydrogen-bond acceptors (Lipinski definition) is 4. The van der Waals surface area contributed by atoms with E-state index in [1.807, 2.05) is 0 Å². The molecule has 0 aliphatic heterocycles. The number of nitrogens with two attached hydrogens (primary N) is 1. The van der Waals surface area contributed by atoms with Gasteiger partial charge in [-0.25, -0.2) is 13.1 Å². The predicted molar refractivity (Wildman–Crippen MR) is 78.4 cm³/mol. The summed E-state index contributed by atoms with van der Waals surface area (Å²) in [7, 11) is -1.97. The summed E-state index contributed by atoms with van der Waals surface area (Å²) in [5.41, 5.74) is 7.29. The van der Waals surface area contributed by atoms with Gasteiger partial charge in [0.05, 0.1) is 12.0 Å². The minimum Gasteiger partial charge on any atom is -0.497 e. The fourth-order valence-corrected chi connectivity index (χ4v) is 3.94. The highest BCUT2D eigenvalue weighted by Crippen LogP contribution is 2.31. The van der Waals surface area contributed by atoms with Crippen LogP contribution in [-0.4, -0.2) is 28.1 Å². The minimum atomic E-state index is -3.53. The van der Waals surface area contributed by atoms with Gasteiger partial charge in [0.25, 0.3) is 0 Å². The Morgan fingerprint density at radius 3 is 2.35 bits per heavy atom. The Labute approximate surface area is 120 Å². The van der Waals surface area contributed by atoms with Crippen molar-refractivity contribution in [2.24, 2.45) is 11.7 Å². The van der Waals surface area contributed by atoms with Gasteiger partial charge in [-0.3, -0.25) is 0 Å². The molecule has 20 heavy (non-hydrogen) atoms. The lowest BCUT2D eigenvalue weighted by Crippen LogP contribution is -2.38. The second-order valence-corrected chi connectivity index (χ2v) is 7.15. The summed E-state index contributed by atoms with van der Waals surface area (Å²) in [6.07, 6.45) is 2.20. The number of methoxy groups -OCH3 is 1. The maximum absolute atomic E-state index is 12.4. The molecule has 5 nitrogen and oxygen atoms in total. The zero-order valence-corrected chi connectivity index (χ0v) is 13.0. The molecule has 0 spiro atoms. The summed E-state index contributed by atoms with van der Waals surface area (Å²) in [6.45, 7) is 3.83. The molecule has 2 rings (SSSR count). The second-order valence-electron chi connectivity index (χ2n) is 5.44. The average molecular weight is 298 g/mol. The van der Waals surface area contributed by atoms with E-state index in [1.165, 1.54) is 0 Å². The summed E-state index contributed by atoms with van der Waals surface area (Å²) in [4.78, 5) is 0.321. The van der Waals surface area contributed by atoms with Crippen LogP contribution >= 0.6 is 0 Å². The molecule has 1 aromatic carbocycles. The van der Waals surface area contributed by atoms with Crippen molar-refractivity contribution in [2.45, 2.75) is 37.6 Å². The molecule has 112 valence electrons. The Bertz CT molecular complexity index is 571. The first-order valence-corrected chi connectivity index (χ1v) is 8.24. The van der Waals surface area contributed by atoms with Crippen molar-refractivity contribution >= 4 is 10.0 Å². The van der Waals surface area contributed by atoms with Gasteiger partial charge in [0, 0.05) is 12.6 Å². The summed E-state index contributed by atoms with van der Waals surface area (Å²) in [5.74, 6) is 1.13. The van der Waals surface area contributed by atoms with Crippen molar-refractivity contribution in [1.29, 1.82) is 0 Å². The van der Waals surface area contributed by atoms with E-state index >= 15 is 0 Å². The Hall–Kier alpha value is -1.11. The van der Waals surface area contributed by atoms with Crippen LogP contribution in [-0.2, 0) is 10.0 Å². The molecule has 0 heterocycles. The molecular weight excluding hydrogens is 276 g/mol. The van der Waals surface area contributed by atoms with E-state index in [4.69, 9.17) is 10.5 Å². The van der Waals surface area contributed by atoms with Crippen LogP contribution in [0.2, 0.25) is 0 Å². The van der Waals surface area contributed by atoms with Crippen LogP contribution in [0.25, 0.3) is 0 Å². The molecule has 3 N–H and O–H groups in total. The SMILES string of the molecule is COc1cc(C)c(S(=O)(=O)NCC(N)C2CC2)c(C)c1. The van der Waals surface area contributed by atoms with Gasteiger partial charge in [-0.1, -0.05) is 0 Å². The van der Waals surface area contributed by atoms with Crippen molar-refractivity contribution in [3.05, 3.63) is 23.3 Å². The van der Waals surface area contributed by atoms with E-state index in [1.54, 1.807) is 33.1 Å². The first-order chi connectivity index (χ1) is 9.35. The highest BCUT2D eigenvalue weighted by atomic mass is 32.2. The van der Waals surface area contributed by atoms with E-state index < -0.39 is 10.0 Å². The first kappa shape index (κ1) is 15.3. The highest BCUT2D eigenvalue weighted by Gasteiger charge is 2.30. The van der Waals surface area contributed by atoms with Gasteiger partial charge in [0.1, 0.15) is 5.75 Å².